The fraction of sp³-hybridized carbons (Fsp3) is 0.267. The number of amides is 2. The van der Waals surface area contributed by atoms with Crippen molar-refractivity contribution in [2.24, 2.45) is 17.9 Å². The standard InChI is InChI=1S/C15H16N4O3/c1-19-8-11(10-4-2-3-5-12(10)19)15(21)17-7-9-6-13(14(16)20)22-18-9/h2-5,8,13H,6-7H2,1H3,(H2,16,20)(H,17,21). The molecule has 0 bridgehead atoms. The highest BCUT2D eigenvalue weighted by molar-refractivity contribution is 6.08. The van der Waals surface area contributed by atoms with E-state index in [4.69, 9.17) is 10.6 Å². The Labute approximate surface area is 126 Å². The molecule has 0 radical (unpaired) electrons. The minimum absolute atomic E-state index is 0.193. The molecule has 1 unspecified atom stereocenters. The maximum atomic E-state index is 12.3. The van der Waals surface area contributed by atoms with Crippen molar-refractivity contribution in [3.05, 3.63) is 36.0 Å². The van der Waals surface area contributed by atoms with Gasteiger partial charge in [0.15, 0.2) is 0 Å². The highest BCUT2D eigenvalue weighted by Crippen LogP contribution is 2.20. The summed E-state index contributed by atoms with van der Waals surface area (Å²) in [6.45, 7) is 0.228. The lowest BCUT2D eigenvalue weighted by Crippen LogP contribution is -2.32. The summed E-state index contributed by atoms with van der Waals surface area (Å²) in [5.41, 5.74) is 7.33. The predicted molar refractivity (Wildman–Crippen MR) is 81.4 cm³/mol. The number of aryl methyl sites for hydroxylation is 1. The molecular formula is C15H16N4O3. The molecule has 1 aromatic heterocycles. The number of hydrogen-bond donors (Lipinski definition) is 2. The average Bonchev–Trinajstić information content (AvgIpc) is 3.11. The molecule has 0 saturated heterocycles. The molecule has 0 fully saturated rings. The molecule has 2 amide bonds. The van der Waals surface area contributed by atoms with Gasteiger partial charge in [-0.15, -0.1) is 0 Å². The third-order valence-electron chi connectivity index (χ3n) is 3.64. The van der Waals surface area contributed by atoms with E-state index in [1.54, 1.807) is 6.20 Å². The van der Waals surface area contributed by atoms with Crippen LogP contribution in [-0.2, 0) is 16.7 Å². The van der Waals surface area contributed by atoms with Crippen molar-refractivity contribution < 1.29 is 14.4 Å². The van der Waals surface area contributed by atoms with Gasteiger partial charge in [-0.1, -0.05) is 23.4 Å². The molecule has 3 N–H and O–H groups in total. The normalized spacial score (nSPS) is 17.1. The largest absolute Gasteiger partial charge is 0.382 e. The van der Waals surface area contributed by atoms with Crippen LogP contribution in [0.25, 0.3) is 10.9 Å². The number of nitrogens with zero attached hydrogens (tertiary/aromatic N) is 2. The molecule has 1 atom stereocenters. The highest BCUT2D eigenvalue weighted by atomic mass is 16.6. The Morgan fingerprint density at radius 2 is 2.23 bits per heavy atom. The van der Waals surface area contributed by atoms with Crippen molar-refractivity contribution in [2.75, 3.05) is 6.54 Å². The van der Waals surface area contributed by atoms with Crippen molar-refractivity contribution >= 4 is 28.4 Å². The molecule has 114 valence electrons. The van der Waals surface area contributed by atoms with Crippen molar-refractivity contribution in [3.8, 4) is 0 Å². The Balaban J connectivity index is 1.69. The lowest BCUT2D eigenvalue weighted by Gasteiger charge is -2.03. The highest BCUT2D eigenvalue weighted by Gasteiger charge is 2.26. The average molecular weight is 300 g/mol. The Morgan fingerprint density at radius 1 is 1.45 bits per heavy atom. The number of nitrogens with two attached hydrogens (primary N) is 1. The van der Waals surface area contributed by atoms with E-state index in [-0.39, 0.29) is 12.5 Å². The summed E-state index contributed by atoms with van der Waals surface area (Å²) in [5.74, 6) is -0.749. The van der Waals surface area contributed by atoms with Crippen molar-refractivity contribution in [1.29, 1.82) is 0 Å². The van der Waals surface area contributed by atoms with Gasteiger partial charge in [0.05, 0.1) is 17.8 Å². The van der Waals surface area contributed by atoms with Crippen LogP contribution in [0.1, 0.15) is 16.8 Å². The number of benzene rings is 1. The van der Waals surface area contributed by atoms with E-state index < -0.39 is 12.0 Å². The summed E-state index contributed by atoms with van der Waals surface area (Å²) in [4.78, 5) is 28.2. The Hall–Kier alpha value is -2.83. The fourth-order valence-electron chi connectivity index (χ4n) is 2.48. The van der Waals surface area contributed by atoms with Crippen LogP contribution in [0.4, 0.5) is 0 Å². The summed E-state index contributed by atoms with van der Waals surface area (Å²) in [6.07, 6.45) is 1.37. The van der Waals surface area contributed by atoms with Gasteiger partial charge in [-0.2, -0.15) is 0 Å². The first-order chi connectivity index (χ1) is 10.6. The van der Waals surface area contributed by atoms with E-state index in [2.05, 4.69) is 10.5 Å². The molecule has 2 heterocycles. The van der Waals surface area contributed by atoms with Gasteiger partial charge < -0.3 is 20.5 Å². The molecule has 1 aliphatic rings. The number of primary amides is 1. The molecule has 0 spiro atoms. The van der Waals surface area contributed by atoms with E-state index in [0.29, 0.717) is 17.7 Å². The van der Waals surface area contributed by atoms with Crippen LogP contribution < -0.4 is 11.1 Å². The van der Waals surface area contributed by atoms with Crippen LogP contribution in [0.3, 0.4) is 0 Å². The Bertz CT molecular complexity index is 778. The smallest absolute Gasteiger partial charge is 0.261 e. The minimum atomic E-state index is -0.732. The Kier molecular flexibility index (Phi) is 3.54. The zero-order valence-electron chi connectivity index (χ0n) is 12.1. The number of rotatable bonds is 4. The van der Waals surface area contributed by atoms with Crippen LogP contribution in [0.5, 0.6) is 0 Å². The van der Waals surface area contributed by atoms with Crippen molar-refractivity contribution in [2.45, 2.75) is 12.5 Å². The zero-order valence-corrected chi connectivity index (χ0v) is 12.1. The first-order valence-corrected chi connectivity index (χ1v) is 6.89. The number of aromatic nitrogens is 1. The van der Waals surface area contributed by atoms with Crippen molar-refractivity contribution in [1.82, 2.24) is 9.88 Å². The minimum Gasteiger partial charge on any atom is -0.382 e. The first-order valence-electron chi connectivity index (χ1n) is 6.89. The molecule has 0 aliphatic carbocycles. The monoisotopic (exact) mass is 300 g/mol. The van der Waals surface area contributed by atoms with Crippen LogP contribution in [0.2, 0.25) is 0 Å². The van der Waals surface area contributed by atoms with Crippen LogP contribution >= 0.6 is 0 Å². The molecule has 7 heteroatoms. The number of nitrogens with one attached hydrogen (secondary N) is 1. The quantitative estimate of drug-likeness (QED) is 0.862. The lowest BCUT2D eigenvalue weighted by atomic mass is 10.1. The number of para-hydroxylation sites is 1. The number of hydrogen-bond acceptors (Lipinski definition) is 4. The summed E-state index contributed by atoms with van der Waals surface area (Å²) in [7, 11) is 1.89. The van der Waals surface area contributed by atoms with Gasteiger partial charge in [-0.05, 0) is 6.07 Å². The molecule has 1 aromatic carbocycles. The third kappa shape index (κ3) is 2.52. The predicted octanol–water partition coefficient (Wildman–Crippen LogP) is 0.538. The topological polar surface area (TPSA) is 98.7 Å². The molecule has 3 rings (SSSR count). The van der Waals surface area contributed by atoms with E-state index in [9.17, 15) is 9.59 Å². The van der Waals surface area contributed by atoms with Crippen molar-refractivity contribution in [3.63, 3.8) is 0 Å². The van der Waals surface area contributed by atoms with E-state index in [1.807, 2.05) is 35.9 Å². The third-order valence-corrected chi connectivity index (χ3v) is 3.64. The van der Waals surface area contributed by atoms with Gasteiger partial charge in [0.25, 0.3) is 11.8 Å². The fourth-order valence-corrected chi connectivity index (χ4v) is 2.48. The summed E-state index contributed by atoms with van der Waals surface area (Å²) in [6, 6.07) is 7.69. The van der Waals surface area contributed by atoms with Crippen LogP contribution in [0.15, 0.2) is 35.6 Å². The molecule has 0 saturated carbocycles. The number of fused-ring (bicyclic) bond motifs is 1. The van der Waals surface area contributed by atoms with Gasteiger partial charge in [0.2, 0.25) is 6.10 Å². The maximum Gasteiger partial charge on any atom is 0.261 e. The second kappa shape index (κ2) is 5.51. The van der Waals surface area contributed by atoms with Gasteiger partial charge >= 0.3 is 0 Å². The molecule has 2 aromatic rings. The number of carbonyl (C=O) groups excluding carboxylic acids is 2. The molecular weight excluding hydrogens is 284 g/mol. The zero-order chi connectivity index (χ0) is 15.7. The SMILES string of the molecule is Cn1cc(C(=O)NCC2=NOC(C(N)=O)C2)c2ccccc21. The second-order valence-corrected chi connectivity index (χ2v) is 5.21. The van der Waals surface area contributed by atoms with E-state index in [0.717, 1.165) is 10.9 Å². The second-order valence-electron chi connectivity index (χ2n) is 5.21. The van der Waals surface area contributed by atoms with E-state index >= 15 is 0 Å². The number of oxime groups is 1. The molecule has 1 aliphatic heterocycles. The van der Waals surface area contributed by atoms with Gasteiger partial charge in [-0.3, -0.25) is 9.59 Å². The molecule has 22 heavy (non-hydrogen) atoms. The van der Waals surface area contributed by atoms with E-state index in [1.165, 1.54) is 0 Å². The lowest BCUT2D eigenvalue weighted by molar-refractivity contribution is -0.127. The van der Waals surface area contributed by atoms with Crippen LogP contribution in [-0.4, -0.2) is 34.7 Å². The first kappa shape index (κ1) is 14.1. The summed E-state index contributed by atoms with van der Waals surface area (Å²) >= 11 is 0. The van der Waals surface area contributed by atoms with Crippen LogP contribution in [0, 0.1) is 0 Å². The Morgan fingerprint density at radius 3 is 2.95 bits per heavy atom. The van der Waals surface area contributed by atoms with Gasteiger partial charge in [-0.25, -0.2) is 0 Å². The van der Waals surface area contributed by atoms with Gasteiger partial charge in [0.1, 0.15) is 0 Å². The van der Waals surface area contributed by atoms with Gasteiger partial charge in [0, 0.05) is 30.6 Å². The molecule has 7 nitrogen and oxygen atoms in total. The summed E-state index contributed by atoms with van der Waals surface area (Å²) < 4.78 is 1.91. The maximum absolute atomic E-state index is 12.3. The number of carbonyl (C=O) groups is 2. The summed E-state index contributed by atoms with van der Waals surface area (Å²) in [5, 5.41) is 7.45.